The molecule has 1 heterocycles. The van der Waals surface area contributed by atoms with E-state index in [4.69, 9.17) is 20.7 Å². The topological polar surface area (TPSA) is 116 Å². The van der Waals surface area contributed by atoms with Crippen LogP contribution in [-0.2, 0) is 4.74 Å². The predicted molar refractivity (Wildman–Crippen MR) is 38.0 cm³/mol. The highest BCUT2D eigenvalue weighted by Gasteiger charge is 2.41. The maximum Gasteiger partial charge on any atom is 0.173 e. The summed E-state index contributed by atoms with van der Waals surface area (Å²) in [4.78, 5) is 0. The first kappa shape index (κ1) is 9.85. The fraction of sp³-hybridized carbons (Fsp3) is 1.00. The number of hydrogen-bond acceptors (Lipinski definition) is 6. The van der Waals surface area contributed by atoms with Crippen LogP contribution >= 0.6 is 0 Å². The Bertz CT molecular complexity index is 150. The molecule has 0 saturated carbocycles. The Hall–Kier alpha value is -0.240. The summed E-state index contributed by atoms with van der Waals surface area (Å²) in [7, 11) is 0. The third kappa shape index (κ3) is 1.58. The zero-order valence-corrected chi connectivity index (χ0v) is 6.37. The average molecular weight is 179 g/mol. The molecule has 1 saturated heterocycles. The van der Waals surface area contributed by atoms with Crippen molar-refractivity contribution < 1.29 is 25.2 Å². The van der Waals surface area contributed by atoms with Gasteiger partial charge in [0.15, 0.2) is 6.29 Å². The average Bonchev–Trinajstić information content (AvgIpc) is 2.08. The first-order valence-corrected chi connectivity index (χ1v) is 3.64. The largest absolute Gasteiger partial charge is 0.394 e. The monoisotopic (exact) mass is 179 g/mol. The van der Waals surface area contributed by atoms with Gasteiger partial charge in [0.05, 0.1) is 12.6 Å². The van der Waals surface area contributed by atoms with Crippen molar-refractivity contribution in [1.29, 1.82) is 0 Å². The Morgan fingerprint density at radius 3 is 2.25 bits per heavy atom. The molecule has 0 bridgehead atoms. The van der Waals surface area contributed by atoms with Crippen LogP contribution in [0.15, 0.2) is 0 Å². The van der Waals surface area contributed by atoms with Crippen molar-refractivity contribution in [2.75, 3.05) is 6.61 Å². The van der Waals surface area contributed by atoms with Crippen LogP contribution < -0.4 is 5.73 Å². The number of rotatable bonds is 1. The lowest BCUT2D eigenvalue weighted by atomic mass is 9.98. The Labute approximate surface area is 69.2 Å². The highest BCUT2D eigenvalue weighted by Crippen LogP contribution is 2.17. The molecule has 6 N–H and O–H groups in total. The number of aliphatic hydroxyl groups excluding tert-OH is 4. The molecule has 0 aromatic carbocycles. The van der Waals surface area contributed by atoms with E-state index in [2.05, 4.69) is 0 Å². The minimum Gasteiger partial charge on any atom is -0.394 e. The van der Waals surface area contributed by atoms with Crippen LogP contribution in [0.25, 0.3) is 0 Å². The van der Waals surface area contributed by atoms with Crippen LogP contribution in [-0.4, -0.2) is 57.7 Å². The van der Waals surface area contributed by atoms with Crippen molar-refractivity contribution >= 4 is 0 Å². The van der Waals surface area contributed by atoms with Crippen LogP contribution in [0.1, 0.15) is 0 Å². The maximum absolute atomic E-state index is 9.20. The summed E-state index contributed by atoms with van der Waals surface area (Å²) in [5, 5.41) is 36.1. The van der Waals surface area contributed by atoms with E-state index in [-0.39, 0.29) is 0 Å². The van der Waals surface area contributed by atoms with E-state index >= 15 is 0 Å². The van der Waals surface area contributed by atoms with Gasteiger partial charge in [-0.3, -0.25) is 0 Å². The van der Waals surface area contributed by atoms with Gasteiger partial charge in [-0.25, -0.2) is 0 Å². The molecule has 0 spiro atoms. The molecule has 0 radical (unpaired) electrons. The van der Waals surface area contributed by atoms with E-state index in [1.807, 2.05) is 0 Å². The molecule has 1 aliphatic rings. The van der Waals surface area contributed by atoms with E-state index < -0.39 is 37.3 Å². The molecule has 1 aliphatic heterocycles. The Balaban J connectivity index is 2.63. The minimum atomic E-state index is -1.35. The molecule has 5 atom stereocenters. The van der Waals surface area contributed by atoms with Gasteiger partial charge in [0, 0.05) is 0 Å². The second-order valence-electron chi connectivity index (χ2n) is 2.81. The molecule has 72 valence electrons. The van der Waals surface area contributed by atoms with Gasteiger partial charge >= 0.3 is 0 Å². The maximum atomic E-state index is 9.20. The fourth-order valence-electron chi connectivity index (χ4n) is 1.12. The van der Waals surface area contributed by atoms with Crippen molar-refractivity contribution in [3.63, 3.8) is 0 Å². The minimum absolute atomic E-state index is 0.470. The lowest BCUT2D eigenvalue weighted by molar-refractivity contribution is -0.248. The van der Waals surface area contributed by atoms with Crippen LogP contribution in [0.3, 0.4) is 0 Å². The van der Waals surface area contributed by atoms with Crippen molar-refractivity contribution in [2.45, 2.75) is 30.6 Å². The van der Waals surface area contributed by atoms with Gasteiger partial charge in [-0.2, -0.15) is 0 Å². The summed E-state index contributed by atoms with van der Waals surface area (Å²) in [6.07, 6.45) is -4.85. The second-order valence-corrected chi connectivity index (χ2v) is 2.81. The lowest BCUT2D eigenvalue weighted by Crippen LogP contribution is -2.61. The smallest absolute Gasteiger partial charge is 0.173 e. The normalized spacial score (nSPS) is 49.2. The molecule has 0 aliphatic carbocycles. The zero-order valence-electron chi connectivity index (χ0n) is 6.37. The number of ether oxygens (including phenoxy) is 1. The third-order valence-electron chi connectivity index (χ3n) is 1.95. The summed E-state index contributed by atoms with van der Waals surface area (Å²) < 4.78 is 4.70. The number of nitrogens with two attached hydrogens (primary N) is 1. The quantitative estimate of drug-likeness (QED) is 0.288. The number of aliphatic hydroxyl groups is 4. The third-order valence-corrected chi connectivity index (χ3v) is 1.95. The van der Waals surface area contributed by atoms with Crippen LogP contribution in [0.4, 0.5) is 0 Å². The van der Waals surface area contributed by atoms with E-state index in [0.717, 1.165) is 0 Å². The molecule has 0 aromatic rings. The highest BCUT2D eigenvalue weighted by atomic mass is 16.6. The van der Waals surface area contributed by atoms with Gasteiger partial charge in [0.2, 0.25) is 0 Å². The van der Waals surface area contributed by atoms with Crippen LogP contribution in [0, 0.1) is 0 Å². The molecule has 0 unspecified atom stereocenters. The number of hydrogen-bond donors (Lipinski definition) is 5. The van der Waals surface area contributed by atoms with E-state index in [9.17, 15) is 10.2 Å². The van der Waals surface area contributed by atoms with Crippen LogP contribution in [0.5, 0.6) is 0 Å². The summed E-state index contributed by atoms with van der Waals surface area (Å²) in [6.45, 7) is -0.470. The van der Waals surface area contributed by atoms with Gasteiger partial charge in [0.1, 0.15) is 18.3 Å². The highest BCUT2D eigenvalue weighted by molar-refractivity contribution is 4.90. The molecule has 0 amide bonds. The van der Waals surface area contributed by atoms with Crippen molar-refractivity contribution in [3.8, 4) is 0 Å². The molecule has 6 heteroatoms. The fourth-order valence-corrected chi connectivity index (χ4v) is 1.12. The lowest BCUT2D eigenvalue weighted by Gasteiger charge is -2.38. The van der Waals surface area contributed by atoms with Gasteiger partial charge < -0.3 is 30.9 Å². The summed E-state index contributed by atoms with van der Waals surface area (Å²) in [5.41, 5.74) is 5.26. The standard InChI is InChI=1S/C6H13NO5/c7-3-5(10)4(9)2(1-8)12-6(3)11/h2-6,8-11H,1,7H2/t2-,3-,4-,5+,6-/m0/s1. The van der Waals surface area contributed by atoms with Gasteiger partial charge in [-0.15, -0.1) is 0 Å². The summed E-state index contributed by atoms with van der Waals surface area (Å²) in [5.74, 6) is 0. The van der Waals surface area contributed by atoms with Crippen molar-refractivity contribution in [2.24, 2.45) is 5.73 Å². The summed E-state index contributed by atoms with van der Waals surface area (Å²) in [6, 6.07) is -1.04. The van der Waals surface area contributed by atoms with Crippen molar-refractivity contribution in [1.82, 2.24) is 0 Å². The molecular weight excluding hydrogens is 166 g/mol. The predicted octanol–water partition coefficient (Wildman–Crippen LogP) is -3.26. The molecule has 6 nitrogen and oxygen atoms in total. The van der Waals surface area contributed by atoms with Crippen molar-refractivity contribution in [3.05, 3.63) is 0 Å². The zero-order chi connectivity index (χ0) is 9.30. The second kappa shape index (κ2) is 3.65. The molecule has 12 heavy (non-hydrogen) atoms. The first-order valence-electron chi connectivity index (χ1n) is 3.64. The van der Waals surface area contributed by atoms with E-state index in [0.29, 0.717) is 0 Å². The molecule has 0 aromatic heterocycles. The Kier molecular flexibility index (Phi) is 2.99. The van der Waals surface area contributed by atoms with E-state index in [1.54, 1.807) is 0 Å². The Morgan fingerprint density at radius 2 is 1.75 bits per heavy atom. The molecule has 1 fully saturated rings. The van der Waals surface area contributed by atoms with Gasteiger partial charge in [-0.1, -0.05) is 0 Å². The van der Waals surface area contributed by atoms with Gasteiger partial charge in [0.25, 0.3) is 0 Å². The first-order chi connectivity index (χ1) is 5.57. The Morgan fingerprint density at radius 1 is 1.17 bits per heavy atom. The molecule has 1 rings (SSSR count). The van der Waals surface area contributed by atoms with Gasteiger partial charge in [-0.05, 0) is 0 Å². The SMILES string of the molecule is N[C@H]1[C@@H](O)[C@@H](O)[C@H](CO)O[C@@H]1O. The van der Waals surface area contributed by atoms with Crippen LogP contribution in [0.2, 0.25) is 0 Å². The van der Waals surface area contributed by atoms with E-state index in [1.165, 1.54) is 0 Å². The molecular formula is C6H13NO5. The summed E-state index contributed by atoms with van der Waals surface area (Å²) >= 11 is 0.